The molecule has 0 aromatic heterocycles. The molecule has 0 N–H and O–H groups in total. The first kappa shape index (κ1) is 11.7. The normalized spacial score (nSPS) is 33.6. The summed E-state index contributed by atoms with van der Waals surface area (Å²) >= 11 is 0. The maximum Gasteiger partial charge on any atom is 0.135 e. The molecule has 0 bridgehead atoms. The lowest BCUT2D eigenvalue weighted by Gasteiger charge is -2.30. The Kier molecular flexibility index (Phi) is 3.22. The molecule has 1 aliphatic carbocycles. The molecule has 3 aliphatic rings. The molecule has 2 heterocycles. The SMILES string of the molecule is O=C1CCN(CC2CCC3(CCCC3)O2)CC1. The summed E-state index contributed by atoms with van der Waals surface area (Å²) in [6.07, 6.45) is 9.69. The van der Waals surface area contributed by atoms with E-state index in [4.69, 9.17) is 4.74 Å². The van der Waals surface area contributed by atoms with Crippen molar-refractivity contribution in [2.45, 2.75) is 63.1 Å². The minimum absolute atomic E-state index is 0.260. The molecule has 0 radical (unpaired) electrons. The highest BCUT2D eigenvalue weighted by Crippen LogP contribution is 2.43. The van der Waals surface area contributed by atoms with Crippen LogP contribution in [-0.2, 0) is 9.53 Å². The predicted octanol–water partition coefficient (Wildman–Crippen LogP) is 2.14. The Bertz CT molecular complexity index is 287. The third-order valence-corrected chi connectivity index (χ3v) is 4.73. The third-order valence-electron chi connectivity index (χ3n) is 4.73. The molecule has 0 aromatic rings. The van der Waals surface area contributed by atoms with Crippen LogP contribution >= 0.6 is 0 Å². The van der Waals surface area contributed by atoms with Crippen molar-refractivity contribution < 1.29 is 9.53 Å². The second kappa shape index (κ2) is 4.69. The fourth-order valence-corrected chi connectivity index (χ4v) is 3.68. The largest absolute Gasteiger partial charge is 0.370 e. The summed E-state index contributed by atoms with van der Waals surface area (Å²) in [5, 5.41) is 0. The molecule has 0 aromatic carbocycles. The molecule has 3 nitrogen and oxygen atoms in total. The summed E-state index contributed by atoms with van der Waals surface area (Å²) in [7, 11) is 0. The standard InChI is InChI=1S/C14H23NO2/c16-12-4-9-15(10-5-12)11-13-3-8-14(17-13)6-1-2-7-14/h13H,1-11H2. The molecule has 1 atom stereocenters. The molecular weight excluding hydrogens is 214 g/mol. The Morgan fingerprint density at radius 2 is 1.88 bits per heavy atom. The summed E-state index contributed by atoms with van der Waals surface area (Å²) in [4.78, 5) is 13.6. The van der Waals surface area contributed by atoms with Gasteiger partial charge in [0.25, 0.3) is 0 Å². The Labute approximate surface area is 104 Å². The van der Waals surface area contributed by atoms with Gasteiger partial charge in [0.15, 0.2) is 0 Å². The summed E-state index contributed by atoms with van der Waals surface area (Å²) in [5.74, 6) is 0.431. The van der Waals surface area contributed by atoms with Gasteiger partial charge in [0, 0.05) is 32.5 Å². The molecule has 2 saturated heterocycles. The molecule has 2 aliphatic heterocycles. The van der Waals surface area contributed by atoms with E-state index in [-0.39, 0.29) is 5.60 Å². The Hall–Kier alpha value is -0.410. The lowest BCUT2D eigenvalue weighted by molar-refractivity contribution is -0.122. The highest BCUT2D eigenvalue weighted by atomic mass is 16.5. The van der Waals surface area contributed by atoms with Gasteiger partial charge in [0.2, 0.25) is 0 Å². The van der Waals surface area contributed by atoms with Crippen molar-refractivity contribution in [3.63, 3.8) is 0 Å². The van der Waals surface area contributed by atoms with Gasteiger partial charge in [-0.25, -0.2) is 0 Å². The minimum Gasteiger partial charge on any atom is -0.370 e. The first-order valence-electron chi connectivity index (χ1n) is 7.18. The third kappa shape index (κ3) is 2.55. The Morgan fingerprint density at radius 1 is 1.18 bits per heavy atom. The molecule has 3 rings (SSSR count). The fraction of sp³-hybridized carbons (Fsp3) is 0.929. The van der Waals surface area contributed by atoms with Crippen LogP contribution in [0.1, 0.15) is 51.4 Å². The lowest BCUT2D eigenvalue weighted by atomic mass is 9.98. The first-order valence-corrected chi connectivity index (χ1v) is 7.18. The maximum atomic E-state index is 11.2. The van der Waals surface area contributed by atoms with Gasteiger partial charge in [0.1, 0.15) is 5.78 Å². The Balaban J connectivity index is 1.48. The van der Waals surface area contributed by atoms with Crippen molar-refractivity contribution in [1.29, 1.82) is 0 Å². The van der Waals surface area contributed by atoms with Crippen molar-refractivity contribution in [3.8, 4) is 0 Å². The van der Waals surface area contributed by atoms with E-state index in [1.165, 1.54) is 38.5 Å². The lowest BCUT2D eigenvalue weighted by Crippen LogP contribution is -2.39. The van der Waals surface area contributed by atoms with Crippen LogP contribution in [0.2, 0.25) is 0 Å². The number of carbonyl (C=O) groups is 1. The number of nitrogens with zero attached hydrogens (tertiary/aromatic N) is 1. The molecule has 1 saturated carbocycles. The Morgan fingerprint density at radius 3 is 2.59 bits per heavy atom. The highest BCUT2D eigenvalue weighted by molar-refractivity contribution is 5.79. The van der Waals surface area contributed by atoms with E-state index in [0.29, 0.717) is 11.9 Å². The second-order valence-electron chi connectivity index (χ2n) is 6.01. The zero-order chi connectivity index (χ0) is 11.7. The maximum absolute atomic E-state index is 11.2. The minimum atomic E-state index is 0.260. The fourth-order valence-electron chi connectivity index (χ4n) is 3.68. The zero-order valence-corrected chi connectivity index (χ0v) is 10.6. The number of rotatable bonds is 2. The van der Waals surface area contributed by atoms with E-state index in [9.17, 15) is 4.79 Å². The number of ether oxygens (including phenoxy) is 1. The molecule has 1 unspecified atom stereocenters. The van der Waals surface area contributed by atoms with Gasteiger partial charge < -0.3 is 4.74 Å². The van der Waals surface area contributed by atoms with Crippen molar-refractivity contribution in [2.75, 3.05) is 19.6 Å². The number of hydrogen-bond acceptors (Lipinski definition) is 3. The van der Waals surface area contributed by atoms with Crippen LogP contribution in [0.15, 0.2) is 0 Å². The topological polar surface area (TPSA) is 29.5 Å². The molecule has 3 heteroatoms. The molecule has 3 fully saturated rings. The van der Waals surface area contributed by atoms with Crippen LogP contribution in [0.3, 0.4) is 0 Å². The molecule has 96 valence electrons. The average molecular weight is 237 g/mol. The predicted molar refractivity (Wildman–Crippen MR) is 66.0 cm³/mol. The van der Waals surface area contributed by atoms with Gasteiger partial charge in [-0.3, -0.25) is 9.69 Å². The quantitative estimate of drug-likeness (QED) is 0.737. The first-order chi connectivity index (χ1) is 8.26. The number of hydrogen-bond donors (Lipinski definition) is 0. The molecular formula is C14H23NO2. The van der Waals surface area contributed by atoms with Crippen LogP contribution in [-0.4, -0.2) is 42.0 Å². The van der Waals surface area contributed by atoms with Gasteiger partial charge >= 0.3 is 0 Å². The summed E-state index contributed by atoms with van der Waals surface area (Å²) < 4.78 is 6.31. The van der Waals surface area contributed by atoms with E-state index < -0.39 is 0 Å². The number of carbonyl (C=O) groups excluding carboxylic acids is 1. The second-order valence-corrected chi connectivity index (χ2v) is 6.01. The van der Waals surface area contributed by atoms with E-state index in [0.717, 1.165) is 32.5 Å². The number of Topliss-reactive ketones (excluding diaryl/α,β-unsaturated/α-hetero) is 1. The van der Waals surface area contributed by atoms with Gasteiger partial charge in [0.05, 0.1) is 11.7 Å². The molecule has 0 amide bonds. The summed E-state index contributed by atoms with van der Waals surface area (Å²) in [5.41, 5.74) is 0.260. The van der Waals surface area contributed by atoms with E-state index in [2.05, 4.69) is 4.90 Å². The monoisotopic (exact) mass is 237 g/mol. The van der Waals surface area contributed by atoms with Crippen molar-refractivity contribution in [1.82, 2.24) is 4.90 Å². The molecule has 1 spiro atoms. The van der Waals surface area contributed by atoms with Crippen LogP contribution in [0.5, 0.6) is 0 Å². The van der Waals surface area contributed by atoms with Crippen LogP contribution < -0.4 is 0 Å². The van der Waals surface area contributed by atoms with E-state index in [1.807, 2.05) is 0 Å². The van der Waals surface area contributed by atoms with E-state index in [1.54, 1.807) is 0 Å². The van der Waals surface area contributed by atoms with Gasteiger partial charge in [-0.1, -0.05) is 12.8 Å². The highest BCUT2D eigenvalue weighted by Gasteiger charge is 2.42. The van der Waals surface area contributed by atoms with Crippen LogP contribution in [0.4, 0.5) is 0 Å². The van der Waals surface area contributed by atoms with Crippen LogP contribution in [0.25, 0.3) is 0 Å². The van der Waals surface area contributed by atoms with Gasteiger partial charge in [-0.05, 0) is 25.7 Å². The number of ketones is 1. The smallest absolute Gasteiger partial charge is 0.135 e. The summed E-state index contributed by atoms with van der Waals surface area (Å²) in [6.45, 7) is 2.95. The number of likely N-dealkylation sites (tertiary alicyclic amines) is 1. The number of piperidine rings is 1. The van der Waals surface area contributed by atoms with Gasteiger partial charge in [-0.15, -0.1) is 0 Å². The van der Waals surface area contributed by atoms with E-state index >= 15 is 0 Å². The molecule has 17 heavy (non-hydrogen) atoms. The van der Waals surface area contributed by atoms with Crippen LogP contribution in [0, 0.1) is 0 Å². The van der Waals surface area contributed by atoms with Gasteiger partial charge in [-0.2, -0.15) is 0 Å². The average Bonchev–Trinajstić information content (AvgIpc) is 2.94. The zero-order valence-electron chi connectivity index (χ0n) is 10.6. The van der Waals surface area contributed by atoms with Crippen molar-refractivity contribution in [2.24, 2.45) is 0 Å². The van der Waals surface area contributed by atoms with Crippen molar-refractivity contribution >= 4 is 5.78 Å². The summed E-state index contributed by atoms with van der Waals surface area (Å²) in [6, 6.07) is 0. The van der Waals surface area contributed by atoms with Crippen molar-refractivity contribution in [3.05, 3.63) is 0 Å².